The minimum Gasteiger partial charge on any atom is -0.476 e. The van der Waals surface area contributed by atoms with Crippen LogP contribution >= 0.6 is 0 Å². The Morgan fingerprint density at radius 3 is 3.22 bits per heavy atom. The van der Waals surface area contributed by atoms with E-state index < -0.39 is 0 Å². The molecule has 50 valence electrons. The Balaban J connectivity index is 2.34. The lowest BCUT2D eigenvalue weighted by Crippen LogP contribution is -1.92. The van der Waals surface area contributed by atoms with Gasteiger partial charge in [0.15, 0.2) is 0 Å². The Labute approximate surface area is 55.2 Å². The van der Waals surface area contributed by atoms with E-state index in [9.17, 15) is 0 Å². The predicted octanol–water partition coefficient (Wildman–Crippen LogP) is 1.38. The fourth-order valence-electron chi connectivity index (χ4n) is 0.671. The first-order valence-corrected chi connectivity index (χ1v) is 3.27. The average Bonchev–Trinajstić information content (AvgIpc) is 2.34. The largest absolute Gasteiger partial charge is 0.476 e. The zero-order valence-electron chi connectivity index (χ0n) is 5.63. The van der Waals surface area contributed by atoms with Crippen LogP contribution < -0.4 is 0 Å². The van der Waals surface area contributed by atoms with Gasteiger partial charge < -0.3 is 4.74 Å². The van der Waals surface area contributed by atoms with Crippen molar-refractivity contribution in [2.24, 2.45) is 4.99 Å². The van der Waals surface area contributed by atoms with Crippen molar-refractivity contribution in [2.45, 2.75) is 13.3 Å². The Morgan fingerprint density at radius 1 is 1.78 bits per heavy atom. The average molecular weight is 125 g/mol. The van der Waals surface area contributed by atoms with Crippen LogP contribution in [0.15, 0.2) is 17.1 Å². The van der Waals surface area contributed by atoms with Gasteiger partial charge in [0.05, 0.1) is 6.54 Å². The predicted molar refractivity (Wildman–Crippen MR) is 37.7 cm³/mol. The summed E-state index contributed by atoms with van der Waals surface area (Å²) in [5.74, 6) is 0.789. The van der Waals surface area contributed by atoms with E-state index in [0.717, 1.165) is 25.5 Å². The molecule has 1 heterocycles. The fraction of sp³-hybridized carbons (Fsp3) is 0.571. The maximum atomic E-state index is 5.12. The molecule has 0 aromatic carbocycles. The summed E-state index contributed by atoms with van der Waals surface area (Å²) < 4.78 is 5.12. The molecule has 9 heavy (non-hydrogen) atoms. The molecule has 1 aliphatic heterocycles. The van der Waals surface area contributed by atoms with E-state index in [1.807, 2.05) is 12.2 Å². The van der Waals surface area contributed by atoms with Gasteiger partial charge in [-0.3, -0.25) is 0 Å². The van der Waals surface area contributed by atoms with Crippen molar-refractivity contribution >= 4 is 5.90 Å². The van der Waals surface area contributed by atoms with Crippen LogP contribution in [-0.2, 0) is 4.74 Å². The molecule has 0 saturated heterocycles. The van der Waals surface area contributed by atoms with Gasteiger partial charge in [-0.05, 0) is 12.5 Å². The first-order chi connectivity index (χ1) is 4.43. The van der Waals surface area contributed by atoms with Crippen LogP contribution in [0.1, 0.15) is 13.3 Å². The van der Waals surface area contributed by atoms with Gasteiger partial charge in [-0.25, -0.2) is 4.99 Å². The second kappa shape index (κ2) is 3.28. The highest BCUT2D eigenvalue weighted by Gasteiger charge is 2.00. The summed E-state index contributed by atoms with van der Waals surface area (Å²) in [6.45, 7) is 3.67. The summed E-state index contributed by atoms with van der Waals surface area (Å²) in [6, 6.07) is 0. The topological polar surface area (TPSA) is 21.6 Å². The highest BCUT2D eigenvalue weighted by Crippen LogP contribution is 1.95. The maximum absolute atomic E-state index is 5.12. The number of ether oxygens (including phenoxy) is 1. The number of rotatable bonds is 2. The second-order valence-electron chi connectivity index (χ2n) is 1.88. The maximum Gasteiger partial charge on any atom is 0.208 e. The monoisotopic (exact) mass is 125 g/mol. The standard InChI is InChI=1S/C7H11NO/c1-2-3-4-7-8-5-6-9-7/h3-4H,2,5-6H2,1H3/b4-3+. The SMILES string of the molecule is CC/C=C/C1=NCCO1. The lowest BCUT2D eigenvalue weighted by Gasteiger charge is -1.90. The van der Waals surface area contributed by atoms with Crippen molar-refractivity contribution in [3.8, 4) is 0 Å². The summed E-state index contributed by atoms with van der Waals surface area (Å²) in [7, 11) is 0. The number of allylic oxidation sites excluding steroid dienone is 1. The fourth-order valence-corrected chi connectivity index (χ4v) is 0.671. The normalized spacial score (nSPS) is 18.1. The lowest BCUT2D eigenvalue weighted by molar-refractivity contribution is 0.350. The molecule has 0 radical (unpaired) electrons. The number of hydrogen-bond acceptors (Lipinski definition) is 2. The quantitative estimate of drug-likeness (QED) is 0.546. The number of hydrogen-bond donors (Lipinski definition) is 0. The minimum atomic E-state index is 0.753. The zero-order valence-corrected chi connectivity index (χ0v) is 5.63. The van der Waals surface area contributed by atoms with Gasteiger partial charge >= 0.3 is 0 Å². The van der Waals surface area contributed by atoms with E-state index in [-0.39, 0.29) is 0 Å². The summed E-state index contributed by atoms with van der Waals surface area (Å²) in [5.41, 5.74) is 0. The van der Waals surface area contributed by atoms with Crippen LogP contribution in [0, 0.1) is 0 Å². The third kappa shape index (κ3) is 1.88. The summed E-state index contributed by atoms with van der Waals surface area (Å²) in [6.07, 6.45) is 5.01. The minimum absolute atomic E-state index is 0.753. The molecule has 2 heteroatoms. The molecule has 0 atom stereocenters. The van der Waals surface area contributed by atoms with Crippen molar-refractivity contribution in [1.29, 1.82) is 0 Å². The van der Waals surface area contributed by atoms with Gasteiger partial charge in [-0.15, -0.1) is 0 Å². The molecular weight excluding hydrogens is 114 g/mol. The van der Waals surface area contributed by atoms with Crippen molar-refractivity contribution in [3.05, 3.63) is 12.2 Å². The summed E-state index contributed by atoms with van der Waals surface area (Å²) in [5, 5.41) is 0. The molecule has 0 N–H and O–H groups in total. The molecule has 0 aliphatic carbocycles. The van der Waals surface area contributed by atoms with Crippen molar-refractivity contribution < 1.29 is 4.74 Å². The molecule has 0 spiro atoms. The molecule has 0 aromatic heterocycles. The van der Waals surface area contributed by atoms with Gasteiger partial charge in [-0.2, -0.15) is 0 Å². The van der Waals surface area contributed by atoms with E-state index in [0.29, 0.717) is 0 Å². The number of aliphatic imine (C=N–C) groups is 1. The molecule has 0 fully saturated rings. The van der Waals surface area contributed by atoms with Crippen LogP contribution in [-0.4, -0.2) is 19.0 Å². The molecule has 2 nitrogen and oxygen atoms in total. The van der Waals surface area contributed by atoms with E-state index in [1.165, 1.54) is 0 Å². The Hall–Kier alpha value is -0.790. The lowest BCUT2D eigenvalue weighted by atomic mass is 10.4. The molecule has 1 aliphatic rings. The van der Waals surface area contributed by atoms with Crippen LogP contribution in [0.3, 0.4) is 0 Å². The molecule has 0 unspecified atom stereocenters. The zero-order chi connectivity index (χ0) is 6.53. The van der Waals surface area contributed by atoms with Crippen molar-refractivity contribution in [2.75, 3.05) is 13.2 Å². The van der Waals surface area contributed by atoms with Gasteiger partial charge in [-0.1, -0.05) is 13.0 Å². The highest BCUT2D eigenvalue weighted by atomic mass is 16.5. The van der Waals surface area contributed by atoms with Crippen LogP contribution in [0.4, 0.5) is 0 Å². The van der Waals surface area contributed by atoms with Gasteiger partial charge in [0.1, 0.15) is 6.61 Å². The van der Waals surface area contributed by atoms with E-state index >= 15 is 0 Å². The van der Waals surface area contributed by atoms with E-state index in [2.05, 4.69) is 11.9 Å². The molecular formula is C7H11NO. The Bertz CT molecular complexity index is 138. The van der Waals surface area contributed by atoms with Crippen LogP contribution in [0.5, 0.6) is 0 Å². The molecule has 0 saturated carbocycles. The third-order valence-corrected chi connectivity index (χ3v) is 1.11. The second-order valence-corrected chi connectivity index (χ2v) is 1.88. The summed E-state index contributed by atoms with van der Waals surface area (Å²) >= 11 is 0. The van der Waals surface area contributed by atoms with E-state index in [4.69, 9.17) is 4.74 Å². The third-order valence-electron chi connectivity index (χ3n) is 1.11. The smallest absolute Gasteiger partial charge is 0.208 e. The molecule has 1 rings (SSSR count). The van der Waals surface area contributed by atoms with Gasteiger partial charge in [0.25, 0.3) is 0 Å². The Morgan fingerprint density at radius 2 is 2.67 bits per heavy atom. The van der Waals surface area contributed by atoms with Crippen LogP contribution in [0.25, 0.3) is 0 Å². The first-order valence-electron chi connectivity index (χ1n) is 3.27. The van der Waals surface area contributed by atoms with Crippen molar-refractivity contribution in [3.63, 3.8) is 0 Å². The highest BCUT2D eigenvalue weighted by molar-refractivity contribution is 5.88. The summed E-state index contributed by atoms with van der Waals surface area (Å²) in [4.78, 5) is 4.08. The molecule has 0 aromatic rings. The Kier molecular flexibility index (Phi) is 2.31. The van der Waals surface area contributed by atoms with Gasteiger partial charge in [0.2, 0.25) is 5.90 Å². The van der Waals surface area contributed by atoms with E-state index in [1.54, 1.807) is 0 Å². The molecule has 0 bridgehead atoms. The van der Waals surface area contributed by atoms with Gasteiger partial charge in [0, 0.05) is 0 Å². The van der Waals surface area contributed by atoms with Crippen LogP contribution in [0.2, 0.25) is 0 Å². The molecule has 0 amide bonds. The van der Waals surface area contributed by atoms with Crippen molar-refractivity contribution in [1.82, 2.24) is 0 Å². The number of nitrogens with zero attached hydrogens (tertiary/aromatic N) is 1. The first kappa shape index (κ1) is 6.33.